The summed E-state index contributed by atoms with van der Waals surface area (Å²) in [5.74, 6) is 0.0681. The monoisotopic (exact) mass is 387 g/mol. The summed E-state index contributed by atoms with van der Waals surface area (Å²) in [7, 11) is 0. The first-order valence-electron chi connectivity index (χ1n) is 10.6. The van der Waals surface area contributed by atoms with Crippen molar-refractivity contribution in [3.05, 3.63) is 35.9 Å². The Morgan fingerprint density at radius 3 is 2.39 bits per heavy atom. The second-order valence-corrected chi connectivity index (χ2v) is 7.88. The molecule has 0 radical (unpaired) electrons. The summed E-state index contributed by atoms with van der Waals surface area (Å²) in [5.41, 5.74) is 1.11. The maximum atomic E-state index is 12.8. The second kappa shape index (κ2) is 9.41. The molecule has 0 aromatic heterocycles. The highest BCUT2D eigenvalue weighted by Gasteiger charge is 2.51. The Bertz CT molecular complexity index is 660. The van der Waals surface area contributed by atoms with Gasteiger partial charge in [-0.05, 0) is 25.3 Å². The van der Waals surface area contributed by atoms with Gasteiger partial charge in [-0.25, -0.2) is 4.79 Å². The maximum Gasteiger partial charge on any atom is 0.317 e. The van der Waals surface area contributed by atoms with Gasteiger partial charge in [0, 0.05) is 31.5 Å². The van der Waals surface area contributed by atoms with E-state index in [9.17, 15) is 14.7 Å². The van der Waals surface area contributed by atoms with Crippen LogP contribution < -0.4 is 5.32 Å². The minimum Gasteiger partial charge on any atom is -0.394 e. The van der Waals surface area contributed by atoms with Gasteiger partial charge in [0.05, 0.1) is 18.7 Å². The van der Waals surface area contributed by atoms with Crippen molar-refractivity contribution >= 4 is 11.9 Å². The summed E-state index contributed by atoms with van der Waals surface area (Å²) < 4.78 is 0. The molecule has 1 heterocycles. The highest BCUT2D eigenvalue weighted by atomic mass is 16.3. The highest BCUT2D eigenvalue weighted by Crippen LogP contribution is 2.41. The Morgan fingerprint density at radius 2 is 1.82 bits per heavy atom. The fraction of sp³-hybridized carbons (Fsp3) is 0.636. The number of aliphatic hydroxyl groups excluding tert-OH is 1. The second-order valence-electron chi connectivity index (χ2n) is 7.88. The summed E-state index contributed by atoms with van der Waals surface area (Å²) in [6.07, 6.45) is 4.84. The van der Waals surface area contributed by atoms with E-state index in [1.54, 1.807) is 4.90 Å². The summed E-state index contributed by atoms with van der Waals surface area (Å²) in [4.78, 5) is 29.0. The summed E-state index contributed by atoms with van der Waals surface area (Å²) in [5, 5.41) is 13.1. The largest absolute Gasteiger partial charge is 0.394 e. The lowest BCUT2D eigenvalue weighted by Gasteiger charge is -2.56. The van der Waals surface area contributed by atoms with Gasteiger partial charge in [-0.15, -0.1) is 0 Å². The quantitative estimate of drug-likeness (QED) is 0.756. The molecule has 1 aliphatic carbocycles. The number of nitrogens with one attached hydrogen (secondary N) is 1. The third-order valence-electron chi connectivity index (χ3n) is 6.26. The van der Waals surface area contributed by atoms with Crippen molar-refractivity contribution in [1.82, 2.24) is 15.1 Å². The van der Waals surface area contributed by atoms with Gasteiger partial charge in [-0.3, -0.25) is 4.79 Å². The SMILES string of the molecule is CCC(=O)N1[C@H](CN(CC)C(=O)NC2CCCC2)[C@@H](c2ccccc2)[C@@H]1CO. The van der Waals surface area contributed by atoms with E-state index in [1.807, 2.05) is 49.1 Å². The number of rotatable bonds is 7. The highest BCUT2D eigenvalue weighted by molar-refractivity contribution is 5.79. The first-order valence-corrected chi connectivity index (χ1v) is 10.6. The van der Waals surface area contributed by atoms with Crippen molar-refractivity contribution in [2.75, 3.05) is 19.7 Å². The number of carbonyl (C=O) groups excluding carboxylic acids is 2. The van der Waals surface area contributed by atoms with E-state index in [0.29, 0.717) is 19.5 Å². The number of urea groups is 1. The third-order valence-corrected chi connectivity index (χ3v) is 6.26. The standard InChI is InChI=1S/C22H33N3O3/c1-3-20(27)25-18(21(19(25)15-26)16-10-6-5-7-11-16)14-24(4-2)22(28)23-17-12-8-9-13-17/h5-7,10-11,17-19,21,26H,3-4,8-9,12-15H2,1-2H3,(H,23,28)/t18-,19+,21-/m1/s1. The van der Waals surface area contributed by atoms with Crippen LogP contribution in [0, 0.1) is 0 Å². The smallest absolute Gasteiger partial charge is 0.317 e. The molecule has 154 valence electrons. The van der Waals surface area contributed by atoms with E-state index in [-0.39, 0.29) is 42.6 Å². The van der Waals surface area contributed by atoms with Crippen LogP contribution in [-0.2, 0) is 4.79 Å². The van der Waals surface area contributed by atoms with Crippen LogP contribution in [0.4, 0.5) is 4.79 Å². The number of hydrogen-bond acceptors (Lipinski definition) is 3. The molecule has 1 aliphatic heterocycles. The maximum absolute atomic E-state index is 12.8. The van der Waals surface area contributed by atoms with Crippen molar-refractivity contribution in [3.63, 3.8) is 0 Å². The van der Waals surface area contributed by atoms with Crippen LogP contribution in [0.25, 0.3) is 0 Å². The Labute approximate surface area is 167 Å². The van der Waals surface area contributed by atoms with Crippen molar-refractivity contribution in [1.29, 1.82) is 0 Å². The average Bonchev–Trinajstić information content (AvgIpc) is 3.21. The lowest BCUT2D eigenvalue weighted by molar-refractivity contribution is -0.151. The Hall–Kier alpha value is -2.08. The average molecular weight is 388 g/mol. The Kier molecular flexibility index (Phi) is 6.94. The van der Waals surface area contributed by atoms with Crippen molar-refractivity contribution in [2.24, 2.45) is 0 Å². The molecule has 3 amide bonds. The predicted molar refractivity (Wildman–Crippen MR) is 109 cm³/mol. The minimum absolute atomic E-state index is 0.0310. The molecule has 6 nitrogen and oxygen atoms in total. The lowest BCUT2D eigenvalue weighted by Crippen LogP contribution is -2.69. The number of benzene rings is 1. The van der Waals surface area contributed by atoms with Crippen LogP contribution in [0.15, 0.2) is 30.3 Å². The predicted octanol–water partition coefficient (Wildman–Crippen LogP) is 2.73. The van der Waals surface area contributed by atoms with Gasteiger partial charge in [-0.1, -0.05) is 50.1 Å². The fourth-order valence-electron chi connectivity index (χ4n) is 4.74. The fourth-order valence-corrected chi connectivity index (χ4v) is 4.74. The number of amides is 3. The van der Waals surface area contributed by atoms with Crippen molar-refractivity contribution in [2.45, 2.75) is 70.0 Å². The number of hydrogen-bond donors (Lipinski definition) is 2. The van der Waals surface area contributed by atoms with E-state index in [1.165, 1.54) is 12.8 Å². The molecule has 2 aliphatic rings. The minimum atomic E-state index is -0.226. The van der Waals surface area contributed by atoms with Crippen LogP contribution in [0.2, 0.25) is 0 Å². The molecular formula is C22H33N3O3. The number of nitrogens with zero attached hydrogens (tertiary/aromatic N) is 2. The molecule has 1 saturated carbocycles. The Balaban J connectivity index is 1.77. The molecule has 0 bridgehead atoms. The van der Waals surface area contributed by atoms with Crippen molar-refractivity contribution < 1.29 is 14.7 Å². The van der Waals surface area contributed by atoms with E-state index in [2.05, 4.69) is 5.32 Å². The van der Waals surface area contributed by atoms with Gasteiger partial charge in [0.2, 0.25) is 5.91 Å². The molecule has 1 aromatic rings. The zero-order chi connectivity index (χ0) is 20.1. The molecule has 2 N–H and O–H groups in total. The van der Waals surface area contributed by atoms with Gasteiger partial charge < -0.3 is 20.2 Å². The molecule has 2 fully saturated rings. The summed E-state index contributed by atoms with van der Waals surface area (Å²) in [6, 6.07) is 9.91. The van der Waals surface area contributed by atoms with E-state index in [4.69, 9.17) is 0 Å². The van der Waals surface area contributed by atoms with Crippen molar-refractivity contribution in [3.8, 4) is 0 Å². The molecule has 0 spiro atoms. The van der Waals surface area contributed by atoms with Crippen LogP contribution in [-0.4, -0.2) is 64.7 Å². The topological polar surface area (TPSA) is 72.9 Å². The molecule has 6 heteroatoms. The van der Waals surface area contributed by atoms with Gasteiger partial charge in [0.25, 0.3) is 0 Å². The van der Waals surface area contributed by atoms with E-state index in [0.717, 1.165) is 18.4 Å². The Morgan fingerprint density at radius 1 is 1.14 bits per heavy atom. The van der Waals surface area contributed by atoms with Gasteiger partial charge in [-0.2, -0.15) is 0 Å². The first-order chi connectivity index (χ1) is 13.6. The van der Waals surface area contributed by atoms with Crippen LogP contribution in [0.5, 0.6) is 0 Å². The van der Waals surface area contributed by atoms with Crippen LogP contribution in [0.1, 0.15) is 57.4 Å². The number of carbonyl (C=O) groups is 2. The molecule has 28 heavy (non-hydrogen) atoms. The van der Waals surface area contributed by atoms with Crippen LogP contribution >= 0.6 is 0 Å². The van der Waals surface area contributed by atoms with E-state index >= 15 is 0 Å². The van der Waals surface area contributed by atoms with Gasteiger partial charge >= 0.3 is 6.03 Å². The molecule has 0 unspecified atom stereocenters. The first kappa shape index (κ1) is 20.6. The summed E-state index contributed by atoms with van der Waals surface area (Å²) >= 11 is 0. The van der Waals surface area contributed by atoms with Crippen LogP contribution in [0.3, 0.4) is 0 Å². The lowest BCUT2D eigenvalue weighted by atomic mass is 9.74. The summed E-state index contributed by atoms with van der Waals surface area (Å²) in [6.45, 7) is 4.82. The number of aliphatic hydroxyl groups is 1. The third kappa shape index (κ3) is 4.17. The molecule has 3 atom stereocenters. The molecule has 1 saturated heterocycles. The zero-order valence-corrected chi connectivity index (χ0v) is 17.0. The normalized spacial score (nSPS) is 24.7. The van der Waals surface area contributed by atoms with Gasteiger partial charge in [0.1, 0.15) is 0 Å². The molecule has 1 aromatic carbocycles. The van der Waals surface area contributed by atoms with E-state index < -0.39 is 0 Å². The van der Waals surface area contributed by atoms with Gasteiger partial charge in [0.15, 0.2) is 0 Å². The molecule has 3 rings (SSSR count). The number of likely N-dealkylation sites (N-methyl/N-ethyl adjacent to an activating group) is 1. The zero-order valence-electron chi connectivity index (χ0n) is 17.0. The number of likely N-dealkylation sites (tertiary alicyclic amines) is 1. The molecular weight excluding hydrogens is 354 g/mol.